The smallest absolute Gasteiger partial charge is 0.337 e. The highest BCUT2D eigenvalue weighted by molar-refractivity contribution is 7.10. The number of Topliss-reactive ketones (excluding diaryl/α,β-unsaturated/α-hetero) is 1. The predicted octanol–water partition coefficient (Wildman–Crippen LogP) is 5.22. The first-order valence-electron chi connectivity index (χ1n) is 12.3. The van der Waals surface area contributed by atoms with Crippen molar-refractivity contribution in [3.05, 3.63) is 72.7 Å². The van der Waals surface area contributed by atoms with Gasteiger partial charge in [-0.3, -0.25) is 14.9 Å². The molecule has 0 spiro atoms. The van der Waals surface area contributed by atoms with Gasteiger partial charge in [0.05, 0.1) is 17.6 Å². The van der Waals surface area contributed by atoms with E-state index < -0.39 is 28.2 Å². The summed E-state index contributed by atoms with van der Waals surface area (Å²) < 4.78 is 11.1. The number of benzene rings is 1. The van der Waals surface area contributed by atoms with Gasteiger partial charge in [-0.1, -0.05) is 6.07 Å². The number of hydrogen-bond donors (Lipinski definition) is 2. The zero-order valence-corrected chi connectivity index (χ0v) is 21.4. The summed E-state index contributed by atoms with van der Waals surface area (Å²) in [5, 5.41) is 27.4. The highest BCUT2D eigenvalue weighted by Gasteiger charge is 2.43. The first kappa shape index (κ1) is 25.0. The monoisotopic (exact) mass is 524 g/mol. The average molecular weight is 525 g/mol. The second-order valence-electron chi connectivity index (χ2n) is 9.69. The number of dihydropyridines is 1. The first-order chi connectivity index (χ1) is 17.8. The number of ether oxygens (including phenoxy) is 2. The lowest BCUT2D eigenvalue weighted by molar-refractivity contribution is -0.386. The molecule has 1 aliphatic heterocycles. The summed E-state index contributed by atoms with van der Waals surface area (Å²) in [4.78, 5) is 39.4. The number of carbonyl (C=O) groups excluding carboxylic acids is 2. The fourth-order valence-electron chi connectivity index (χ4n) is 5.66. The van der Waals surface area contributed by atoms with Gasteiger partial charge in [-0.05, 0) is 62.1 Å². The van der Waals surface area contributed by atoms with Crippen LogP contribution >= 0.6 is 11.3 Å². The van der Waals surface area contributed by atoms with Crippen molar-refractivity contribution in [2.45, 2.75) is 63.4 Å². The maximum Gasteiger partial charge on any atom is 0.337 e. The predicted molar refractivity (Wildman–Crippen MR) is 137 cm³/mol. The molecule has 2 aliphatic carbocycles. The highest BCUT2D eigenvalue weighted by Crippen LogP contribution is 2.49. The standard InChI is InChI=1S/C27H28N2O7S/c1-14-23(27(32)36-17-6-3-4-7-17)24(16-11-19(29(33)34)26(31)21(13-16)35-2)25-18(28-14)10-15(12-20(25)30)22-8-5-9-37-22/h5,8-9,11,13,15,17,24,28,31H,3-4,6-7,10,12H2,1-2H3/t15-,24+/m1/s1. The van der Waals surface area contributed by atoms with Gasteiger partial charge in [-0.2, -0.15) is 0 Å². The number of carbonyl (C=O) groups is 2. The third kappa shape index (κ3) is 4.61. The van der Waals surface area contributed by atoms with Crippen LogP contribution in [0.4, 0.5) is 5.69 Å². The van der Waals surface area contributed by atoms with Gasteiger partial charge in [-0.25, -0.2) is 4.79 Å². The first-order valence-corrected chi connectivity index (χ1v) is 13.2. The Balaban J connectivity index is 1.64. The van der Waals surface area contributed by atoms with Crippen LogP contribution in [0.2, 0.25) is 0 Å². The van der Waals surface area contributed by atoms with Crippen LogP contribution in [0.1, 0.15) is 67.7 Å². The van der Waals surface area contributed by atoms with Crippen molar-refractivity contribution in [1.82, 2.24) is 5.32 Å². The van der Waals surface area contributed by atoms with Gasteiger partial charge in [-0.15, -0.1) is 11.3 Å². The van der Waals surface area contributed by atoms with Crippen molar-refractivity contribution in [3.63, 3.8) is 0 Å². The minimum atomic E-state index is -0.893. The number of nitro groups is 1. The second kappa shape index (κ2) is 10.0. The molecule has 2 N–H and O–H groups in total. The van der Waals surface area contributed by atoms with Crippen LogP contribution in [0.3, 0.4) is 0 Å². The molecule has 1 aromatic heterocycles. The largest absolute Gasteiger partial charge is 0.500 e. The minimum absolute atomic E-state index is 0.00267. The molecule has 194 valence electrons. The Hall–Kier alpha value is -3.66. The summed E-state index contributed by atoms with van der Waals surface area (Å²) in [6.07, 6.45) is 4.16. The molecule has 2 atom stereocenters. The van der Waals surface area contributed by atoms with Crippen LogP contribution in [-0.2, 0) is 14.3 Å². The molecule has 0 radical (unpaired) electrons. The van der Waals surface area contributed by atoms with E-state index in [0.717, 1.165) is 30.6 Å². The van der Waals surface area contributed by atoms with Gasteiger partial charge in [0, 0.05) is 46.2 Å². The van der Waals surface area contributed by atoms with Crippen LogP contribution in [0.25, 0.3) is 0 Å². The molecule has 0 amide bonds. The minimum Gasteiger partial charge on any atom is -0.500 e. The number of rotatable bonds is 6. The van der Waals surface area contributed by atoms with Crippen molar-refractivity contribution in [1.29, 1.82) is 0 Å². The molecule has 9 nitrogen and oxygen atoms in total. The summed E-state index contributed by atoms with van der Waals surface area (Å²) in [6, 6.07) is 6.64. The molecule has 1 fully saturated rings. The average Bonchev–Trinajstić information content (AvgIpc) is 3.57. The Kier molecular flexibility index (Phi) is 6.76. The van der Waals surface area contributed by atoms with Crippen LogP contribution in [-0.4, -0.2) is 35.0 Å². The molecule has 10 heteroatoms. The van der Waals surface area contributed by atoms with Gasteiger partial charge in [0.15, 0.2) is 11.5 Å². The number of phenols is 1. The number of ketones is 1. The number of allylic oxidation sites excluding steroid dienone is 3. The maximum absolute atomic E-state index is 13.7. The van der Waals surface area contributed by atoms with Gasteiger partial charge < -0.3 is 19.9 Å². The number of nitrogens with one attached hydrogen (secondary N) is 1. The number of hydrogen-bond acceptors (Lipinski definition) is 9. The molecule has 0 unspecified atom stereocenters. The van der Waals surface area contributed by atoms with E-state index in [4.69, 9.17) is 9.47 Å². The molecule has 37 heavy (non-hydrogen) atoms. The summed E-state index contributed by atoms with van der Waals surface area (Å²) >= 11 is 1.60. The summed E-state index contributed by atoms with van der Waals surface area (Å²) in [5.74, 6) is -2.28. The van der Waals surface area contributed by atoms with Crippen molar-refractivity contribution < 1.29 is 29.1 Å². The zero-order valence-electron chi connectivity index (χ0n) is 20.6. The number of aromatic hydroxyl groups is 1. The maximum atomic E-state index is 13.7. The molecule has 3 aliphatic rings. The molecule has 1 saturated carbocycles. The number of phenolic OH excluding ortho intramolecular Hbond substituents is 1. The molecular formula is C27H28N2O7S. The number of nitrogens with zero attached hydrogens (tertiary/aromatic N) is 1. The number of methoxy groups -OCH3 is 1. The fourth-order valence-corrected chi connectivity index (χ4v) is 6.49. The lowest BCUT2D eigenvalue weighted by Gasteiger charge is -2.36. The molecule has 1 aromatic carbocycles. The van der Waals surface area contributed by atoms with E-state index in [0.29, 0.717) is 29.0 Å². The van der Waals surface area contributed by atoms with Crippen LogP contribution in [0.5, 0.6) is 11.5 Å². The van der Waals surface area contributed by atoms with Crippen molar-refractivity contribution >= 4 is 28.8 Å². The third-order valence-electron chi connectivity index (χ3n) is 7.40. The summed E-state index contributed by atoms with van der Waals surface area (Å²) in [6.45, 7) is 1.76. The van der Waals surface area contributed by atoms with Crippen LogP contribution < -0.4 is 10.1 Å². The Morgan fingerprint density at radius 2 is 2.00 bits per heavy atom. The SMILES string of the molecule is COc1cc([C@H]2C(C(=O)OC3CCCC3)=C(C)NC3=C2C(=O)C[C@H](c2cccs2)C3)cc([N+](=O)[O-])c1O. The topological polar surface area (TPSA) is 128 Å². The number of nitro benzene ring substituents is 1. The lowest BCUT2D eigenvalue weighted by Crippen LogP contribution is -2.36. The number of thiophene rings is 1. The van der Waals surface area contributed by atoms with E-state index in [1.165, 1.54) is 19.2 Å². The molecule has 5 rings (SSSR count). The summed E-state index contributed by atoms with van der Waals surface area (Å²) in [5.41, 5.74) is 1.65. The Morgan fingerprint density at radius 3 is 2.65 bits per heavy atom. The molecule has 2 aromatic rings. The highest BCUT2D eigenvalue weighted by atomic mass is 32.1. The number of esters is 1. The molecule has 0 saturated heterocycles. The van der Waals surface area contributed by atoms with E-state index in [-0.39, 0.29) is 35.5 Å². The normalized spacial score (nSPS) is 22.1. The Labute approximate surface area is 217 Å². The zero-order chi connectivity index (χ0) is 26.3. The van der Waals surface area contributed by atoms with Gasteiger partial charge in [0.25, 0.3) is 0 Å². The molecule has 2 heterocycles. The third-order valence-corrected chi connectivity index (χ3v) is 8.43. The van der Waals surface area contributed by atoms with Crippen LogP contribution in [0, 0.1) is 10.1 Å². The van der Waals surface area contributed by atoms with Crippen molar-refractivity contribution in [3.8, 4) is 11.5 Å². The van der Waals surface area contributed by atoms with Crippen LogP contribution in [0.15, 0.2) is 52.2 Å². The Morgan fingerprint density at radius 1 is 1.24 bits per heavy atom. The molecular weight excluding hydrogens is 496 g/mol. The van der Waals surface area contributed by atoms with Crippen molar-refractivity contribution in [2.75, 3.05) is 7.11 Å². The van der Waals surface area contributed by atoms with E-state index in [2.05, 4.69) is 5.32 Å². The van der Waals surface area contributed by atoms with E-state index >= 15 is 0 Å². The van der Waals surface area contributed by atoms with Gasteiger partial charge >= 0.3 is 11.7 Å². The Bertz CT molecular complexity index is 1320. The fraction of sp³-hybridized carbons (Fsp3) is 0.407. The van der Waals surface area contributed by atoms with Gasteiger partial charge in [0.2, 0.25) is 5.75 Å². The van der Waals surface area contributed by atoms with E-state index in [1.54, 1.807) is 18.3 Å². The quantitative estimate of drug-likeness (QED) is 0.299. The van der Waals surface area contributed by atoms with E-state index in [1.807, 2.05) is 17.5 Å². The lowest BCUT2D eigenvalue weighted by atomic mass is 9.72. The second-order valence-corrected chi connectivity index (χ2v) is 10.7. The van der Waals surface area contributed by atoms with E-state index in [9.17, 15) is 24.8 Å². The summed E-state index contributed by atoms with van der Waals surface area (Å²) in [7, 11) is 1.30. The van der Waals surface area contributed by atoms with Crippen molar-refractivity contribution in [2.24, 2.45) is 0 Å². The van der Waals surface area contributed by atoms with Gasteiger partial charge in [0.1, 0.15) is 6.10 Å². The molecule has 0 bridgehead atoms.